The van der Waals surface area contributed by atoms with E-state index in [1.165, 1.54) is 40.9 Å². The lowest BCUT2D eigenvalue weighted by molar-refractivity contribution is -0.384. The van der Waals surface area contributed by atoms with Crippen molar-refractivity contribution in [3.8, 4) is 0 Å². The monoisotopic (exact) mass is 390 g/mol. The number of non-ortho nitro benzene ring substituents is 1. The molecule has 1 fully saturated rings. The number of fused-ring (bicyclic) bond motifs is 1. The minimum absolute atomic E-state index is 0.0409. The number of hydrogen-bond donors (Lipinski definition) is 1. The fourth-order valence-corrected chi connectivity index (χ4v) is 3.91. The number of ether oxygens (including phenoxy) is 1. The van der Waals surface area contributed by atoms with E-state index in [4.69, 9.17) is 4.74 Å². The standard InChI is InChI=1S/C18H18N2O6S/c1-10(8-21)15-13-7-14(27-2)16(19(13)17(15)22)18(23)26-9-11-3-5-12(6-4-11)20(24)25/h3-6,13,21H,7-9H2,1-2H3/b15-10-. The lowest BCUT2D eigenvalue weighted by atomic mass is 9.90. The Hall–Kier alpha value is -2.65. The molecule has 1 saturated heterocycles. The maximum Gasteiger partial charge on any atom is 0.356 e. The largest absolute Gasteiger partial charge is 0.456 e. The molecule has 3 rings (SSSR count). The fourth-order valence-electron chi connectivity index (χ4n) is 3.21. The first-order valence-electron chi connectivity index (χ1n) is 8.20. The molecule has 1 N–H and O–H groups in total. The quantitative estimate of drug-likeness (QED) is 0.260. The molecule has 0 saturated carbocycles. The summed E-state index contributed by atoms with van der Waals surface area (Å²) in [6.45, 7) is 1.46. The molecule has 1 amide bonds. The Kier molecular flexibility index (Phi) is 5.33. The zero-order valence-corrected chi connectivity index (χ0v) is 15.6. The third kappa shape index (κ3) is 3.35. The molecule has 1 unspecified atom stereocenters. The predicted molar refractivity (Wildman–Crippen MR) is 98.5 cm³/mol. The lowest BCUT2D eigenvalue weighted by Crippen LogP contribution is -2.53. The number of thioether (sulfide) groups is 1. The molecule has 0 bridgehead atoms. The number of hydrogen-bond acceptors (Lipinski definition) is 7. The van der Waals surface area contributed by atoms with Gasteiger partial charge in [0.15, 0.2) is 0 Å². The van der Waals surface area contributed by atoms with Crippen LogP contribution in [0.5, 0.6) is 0 Å². The van der Waals surface area contributed by atoms with Gasteiger partial charge in [0.1, 0.15) is 12.3 Å². The number of β-lactam (4-membered cyclic amide) rings is 1. The molecule has 9 heteroatoms. The number of rotatable bonds is 6. The first-order chi connectivity index (χ1) is 12.9. The average Bonchev–Trinajstić information content (AvgIpc) is 3.00. The van der Waals surface area contributed by atoms with E-state index in [1.807, 2.05) is 6.26 Å². The van der Waals surface area contributed by atoms with Crippen LogP contribution in [0, 0.1) is 10.1 Å². The summed E-state index contributed by atoms with van der Waals surface area (Å²) >= 11 is 1.39. The molecule has 0 spiro atoms. The summed E-state index contributed by atoms with van der Waals surface area (Å²) in [4.78, 5) is 37.4. The lowest BCUT2D eigenvalue weighted by Gasteiger charge is -2.39. The van der Waals surface area contributed by atoms with Gasteiger partial charge < -0.3 is 9.84 Å². The highest BCUT2D eigenvalue weighted by molar-refractivity contribution is 8.02. The Balaban J connectivity index is 1.72. The topological polar surface area (TPSA) is 110 Å². The van der Waals surface area contributed by atoms with Gasteiger partial charge in [-0.05, 0) is 36.4 Å². The van der Waals surface area contributed by atoms with Crippen molar-refractivity contribution in [1.82, 2.24) is 4.90 Å². The number of nitro groups is 1. The molecule has 1 atom stereocenters. The van der Waals surface area contributed by atoms with Crippen molar-refractivity contribution in [3.63, 3.8) is 0 Å². The van der Waals surface area contributed by atoms with Crippen molar-refractivity contribution in [1.29, 1.82) is 0 Å². The summed E-state index contributed by atoms with van der Waals surface area (Å²) < 4.78 is 5.33. The second-order valence-corrected chi connectivity index (χ2v) is 7.12. The minimum atomic E-state index is -0.603. The van der Waals surface area contributed by atoms with E-state index in [1.54, 1.807) is 6.92 Å². The number of benzene rings is 1. The molecular formula is C18H18N2O6S. The second kappa shape index (κ2) is 7.53. The molecule has 1 aromatic rings. The predicted octanol–water partition coefficient (Wildman–Crippen LogP) is 2.14. The number of esters is 1. The fraction of sp³-hybridized carbons (Fsp3) is 0.333. The first-order valence-corrected chi connectivity index (χ1v) is 9.43. The molecule has 0 aromatic heterocycles. The van der Waals surface area contributed by atoms with Gasteiger partial charge in [-0.15, -0.1) is 11.8 Å². The van der Waals surface area contributed by atoms with Gasteiger partial charge in [0.2, 0.25) is 0 Å². The number of carbonyl (C=O) groups is 2. The van der Waals surface area contributed by atoms with Crippen LogP contribution in [0.15, 0.2) is 46.0 Å². The van der Waals surface area contributed by atoms with Gasteiger partial charge in [0.05, 0.1) is 17.6 Å². The number of nitro benzene ring substituents is 1. The summed E-state index contributed by atoms with van der Waals surface area (Å²) in [7, 11) is 0. The van der Waals surface area contributed by atoms with Crippen molar-refractivity contribution >= 4 is 29.3 Å². The van der Waals surface area contributed by atoms with Gasteiger partial charge in [0.25, 0.3) is 11.6 Å². The Morgan fingerprint density at radius 1 is 1.41 bits per heavy atom. The molecule has 8 nitrogen and oxygen atoms in total. The van der Waals surface area contributed by atoms with E-state index in [-0.39, 0.29) is 36.5 Å². The molecule has 27 heavy (non-hydrogen) atoms. The summed E-state index contributed by atoms with van der Waals surface area (Å²) in [5.74, 6) is -0.882. The number of amides is 1. The van der Waals surface area contributed by atoms with Crippen molar-refractivity contribution in [2.75, 3.05) is 12.9 Å². The molecule has 0 radical (unpaired) electrons. The van der Waals surface area contributed by atoms with Crippen LogP contribution >= 0.6 is 11.8 Å². The highest BCUT2D eigenvalue weighted by Gasteiger charge is 2.52. The van der Waals surface area contributed by atoms with E-state index in [0.717, 1.165) is 4.91 Å². The summed E-state index contributed by atoms with van der Waals surface area (Å²) in [5, 5.41) is 20.0. The molecule has 142 valence electrons. The van der Waals surface area contributed by atoms with Crippen LogP contribution < -0.4 is 0 Å². The molecule has 2 heterocycles. The molecule has 2 aliphatic heterocycles. The van der Waals surface area contributed by atoms with Crippen molar-refractivity contribution < 1.29 is 24.4 Å². The average molecular weight is 390 g/mol. The Bertz CT molecular complexity index is 874. The van der Waals surface area contributed by atoms with Gasteiger partial charge in [-0.25, -0.2) is 4.79 Å². The first kappa shape index (κ1) is 19.1. The third-order valence-electron chi connectivity index (χ3n) is 4.63. The Labute approximate surface area is 159 Å². The van der Waals surface area contributed by atoms with Crippen molar-refractivity contribution in [2.24, 2.45) is 0 Å². The van der Waals surface area contributed by atoms with E-state index in [9.17, 15) is 24.8 Å². The number of nitrogens with zero attached hydrogens (tertiary/aromatic N) is 2. The van der Waals surface area contributed by atoms with Crippen LogP contribution in [0.4, 0.5) is 5.69 Å². The van der Waals surface area contributed by atoms with Crippen LogP contribution in [-0.4, -0.2) is 45.7 Å². The van der Waals surface area contributed by atoms with Crippen molar-refractivity contribution in [3.05, 3.63) is 61.7 Å². The van der Waals surface area contributed by atoms with Crippen LogP contribution in [0.3, 0.4) is 0 Å². The normalized spacial score (nSPS) is 20.3. The highest BCUT2D eigenvalue weighted by Crippen LogP contribution is 2.46. The van der Waals surface area contributed by atoms with Gasteiger partial charge in [-0.1, -0.05) is 0 Å². The van der Waals surface area contributed by atoms with Crippen LogP contribution in [0.1, 0.15) is 18.9 Å². The molecule has 0 aliphatic carbocycles. The SMILES string of the molecule is CSC1=C(C(=O)OCc2ccc([N+](=O)[O-])cc2)N2C(=O)/C(=C(/C)CO)C2C1. The number of aliphatic hydroxyl groups is 1. The van der Waals surface area contributed by atoms with Gasteiger partial charge in [-0.2, -0.15) is 0 Å². The molecule has 2 aliphatic rings. The van der Waals surface area contributed by atoms with Gasteiger partial charge in [-0.3, -0.25) is 19.8 Å². The zero-order valence-electron chi connectivity index (χ0n) is 14.8. The smallest absolute Gasteiger partial charge is 0.356 e. The van der Waals surface area contributed by atoms with E-state index in [2.05, 4.69) is 0 Å². The molecule has 1 aromatic carbocycles. The maximum absolute atomic E-state index is 12.6. The maximum atomic E-state index is 12.6. The highest BCUT2D eigenvalue weighted by atomic mass is 32.2. The van der Waals surface area contributed by atoms with Crippen LogP contribution in [0.2, 0.25) is 0 Å². The molecular weight excluding hydrogens is 372 g/mol. The van der Waals surface area contributed by atoms with Gasteiger partial charge >= 0.3 is 5.97 Å². The summed E-state index contributed by atoms with van der Waals surface area (Å²) in [6, 6.07) is 5.50. The number of aliphatic hydroxyl groups excluding tert-OH is 1. The third-order valence-corrected chi connectivity index (χ3v) is 5.48. The van der Waals surface area contributed by atoms with E-state index < -0.39 is 10.9 Å². The zero-order chi connectivity index (χ0) is 19.7. The van der Waals surface area contributed by atoms with Gasteiger partial charge in [0, 0.05) is 29.0 Å². The van der Waals surface area contributed by atoms with Crippen molar-refractivity contribution in [2.45, 2.75) is 26.0 Å². The van der Waals surface area contributed by atoms with E-state index in [0.29, 0.717) is 23.1 Å². The van der Waals surface area contributed by atoms with E-state index >= 15 is 0 Å². The Morgan fingerprint density at radius 2 is 2.07 bits per heavy atom. The number of carbonyl (C=O) groups excluding carboxylic acids is 2. The second-order valence-electron chi connectivity index (χ2n) is 6.22. The Morgan fingerprint density at radius 3 is 2.63 bits per heavy atom. The van der Waals surface area contributed by atoms with Crippen LogP contribution in [-0.2, 0) is 20.9 Å². The van der Waals surface area contributed by atoms with Crippen LogP contribution in [0.25, 0.3) is 0 Å². The minimum Gasteiger partial charge on any atom is -0.456 e. The summed E-state index contributed by atoms with van der Waals surface area (Å²) in [6.07, 6.45) is 2.36. The summed E-state index contributed by atoms with van der Waals surface area (Å²) in [5.41, 5.74) is 1.99.